The molecule has 0 radical (unpaired) electrons. The Morgan fingerprint density at radius 2 is 2.07 bits per heavy atom. The summed E-state index contributed by atoms with van der Waals surface area (Å²) >= 11 is 0. The summed E-state index contributed by atoms with van der Waals surface area (Å²) in [6, 6.07) is 0.935. The van der Waals surface area contributed by atoms with E-state index in [1.807, 2.05) is 0 Å². The van der Waals surface area contributed by atoms with Gasteiger partial charge in [0.2, 0.25) is 0 Å². The molecule has 0 aromatic carbocycles. The maximum atomic E-state index is 3.61. The molecule has 2 nitrogen and oxygen atoms in total. The van der Waals surface area contributed by atoms with Gasteiger partial charge in [-0.1, -0.05) is 6.42 Å². The lowest BCUT2D eigenvalue weighted by molar-refractivity contribution is 0.0789. The van der Waals surface area contributed by atoms with E-state index in [1.165, 1.54) is 45.3 Å². The smallest absolute Gasteiger partial charge is 0.0252 e. The zero-order valence-corrected chi connectivity index (χ0v) is 10.1. The largest absolute Gasteiger partial charge is 0.309 e. The summed E-state index contributed by atoms with van der Waals surface area (Å²) in [5.74, 6) is 2.13. The highest BCUT2D eigenvalue weighted by atomic mass is 15.2. The van der Waals surface area contributed by atoms with Crippen molar-refractivity contribution in [2.24, 2.45) is 11.8 Å². The van der Waals surface area contributed by atoms with Crippen LogP contribution in [-0.4, -0.2) is 36.1 Å². The van der Waals surface area contributed by atoms with Crippen molar-refractivity contribution in [2.75, 3.05) is 19.6 Å². The van der Waals surface area contributed by atoms with Gasteiger partial charge in [0, 0.05) is 31.2 Å². The lowest BCUT2D eigenvalue weighted by Crippen LogP contribution is -2.60. The average molecular weight is 208 g/mol. The number of fused-ring (bicyclic) bond motifs is 2. The van der Waals surface area contributed by atoms with E-state index >= 15 is 0 Å². The fourth-order valence-electron chi connectivity index (χ4n) is 4.12. The molecule has 1 aliphatic heterocycles. The van der Waals surface area contributed by atoms with Gasteiger partial charge >= 0.3 is 0 Å². The van der Waals surface area contributed by atoms with Crippen molar-refractivity contribution in [3.63, 3.8) is 0 Å². The van der Waals surface area contributed by atoms with Crippen LogP contribution in [0.5, 0.6) is 0 Å². The molecule has 0 aromatic rings. The Hall–Kier alpha value is -0.0800. The zero-order valence-electron chi connectivity index (χ0n) is 10.1. The second-order valence-corrected chi connectivity index (χ2v) is 6.52. The van der Waals surface area contributed by atoms with Crippen LogP contribution in [0.25, 0.3) is 0 Å². The molecule has 3 aliphatic rings. The summed E-state index contributed by atoms with van der Waals surface area (Å²) in [6.07, 6.45) is 6.08. The Bertz CT molecular complexity index is 249. The van der Waals surface area contributed by atoms with Crippen molar-refractivity contribution in [3.8, 4) is 0 Å². The number of rotatable bonds is 1. The molecule has 3 atom stereocenters. The van der Waals surface area contributed by atoms with E-state index in [9.17, 15) is 0 Å². The van der Waals surface area contributed by atoms with Crippen molar-refractivity contribution in [1.29, 1.82) is 0 Å². The predicted molar refractivity (Wildman–Crippen MR) is 62.9 cm³/mol. The van der Waals surface area contributed by atoms with Gasteiger partial charge in [-0.2, -0.15) is 0 Å². The van der Waals surface area contributed by atoms with Crippen molar-refractivity contribution < 1.29 is 0 Å². The SMILES string of the molecule is CC1(C)CN(C2CC3CCC2C3)CCN1. The van der Waals surface area contributed by atoms with Crippen molar-refractivity contribution >= 4 is 0 Å². The van der Waals surface area contributed by atoms with E-state index in [-0.39, 0.29) is 0 Å². The highest BCUT2D eigenvalue weighted by Gasteiger charge is 2.43. The lowest BCUT2D eigenvalue weighted by atomic mass is 9.91. The van der Waals surface area contributed by atoms with Crippen LogP contribution >= 0.6 is 0 Å². The van der Waals surface area contributed by atoms with Gasteiger partial charge in [0.15, 0.2) is 0 Å². The Labute approximate surface area is 93.4 Å². The van der Waals surface area contributed by atoms with E-state index in [0.29, 0.717) is 5.54 Å². The third kappa shape index (κ3) is 1.83. The molecule has 15 heavy (non-hydrogen) atoms. The highest BCUT2D eigenvalue weighted by Crippen LogP contribution is 2.46. The Balaban J connectivity index is 1.67. The lowest BCUT2D eigenvalue weighted by Gasteiger charge is -2.44. The summed E-state index contributed by atoms with van der Waals surface area (Å²) < 4.78 is 0. The minimum atomic E-state index is 0.333. The van der Waals surface area contributed by atoms with Crippen LogP contribution in [0.15, 0.2) is 0 Å². The molecule has 86 valence electrons. The second kappa shape index (κ2) is 3.46. The molecule has 3 rings (SSSR count). The van der Waals surface area contributed by atoms with Crippen molar-refractivity contribution in [2.45, 2.75) is 51.1 Å². The zero-order chi connectivity index (χ0) is 10.5. The molecule has 0 amide bonds. The van der Waals surface area contributed by atoms with Gasteiger partial charge in [0.05, 0.1) is 0 Å². The molecular formula is C13H24N2. The molecule has 3 unspecified atom stereocenters. The van der Waals surface area contributed by atoms with Crippen LogP contribution in [0.3, 0.4) is 0 Å². The van der Waals surface area contributed by atoms with Gasteiger partial charge in [0.25, 0.3) is 0 Å². The van der Waals surface area contributed by atoms with Gasteiger partial charge in [0.1, 0.15) is 0 Å². The van der Waals surface area contributed by atoms with E-state index in [4.69, 9.17) is 0 Å². The molecule has 3 fully saturated rings. The third-order valence-electron chi connectivity index (χ3n) is 4.77. The van der Waals surface area contributed by atoms with Crippen LogP contribution in [0.4, 0.5) is 0 Å². The summed E-state index contributed by atoms with van der Waals surface area (Å²) in [5.41, 5.74) is 0.333. The fourth-order valence-corrected chi connectivity index (χ4v) is 4.12. The second-order valence-electron chi connectivity index (χ2n) is 6.52. The van der Waals surface area contributed by atoms with Crippen LogP contribution in [0.1, 0.15) is 39.5 Å². The standard InChI is InChI=1S/C13H24N2/c1-13(2)9-15(6-5-14-13)12-8-10-3-4-11(12)7-10/h10-12,14H,3-9H2,1-2H3. The molecular weight excluding hydrogens is 184 g/mol. The van der Waals surface area contributed by atoms with Crippen LogP contribution in [0, 0.1) is 11.8 Å². The summed E-state index contributed by atoms with van der Waals surface area (Å²) in [7, 11) is 0. The summed E-state index contributed by atoms with van der Waals surface area (Å²) in [5, 5.41) is 3.61. The third-order valence-corrected chi connectivity index (χ3v) is 4.77. The van der Waals surface area contributed by atoms with E-state index in [0.717, 1.165) is 17.9 Å². The number of nitrogens with one attached hydrogen (secondary N) is 1. The van der Waals surface area contributed by atoms with Crippen LogP contribution in [-0.2, 0) is 0 Å². The molecule has 1 N–H and O–H groups in total. The maximum Gasteiger partial charge on any atom is 0.0252 e. The highest BCUT2D eigenvalue weighted by molar-refractivity contribution is 4.99. The summed E-state index contributed by atoms with van der Waals surface area (Å²) in [6.45, 7) is 8.39. The van der Waals surface area contributed by atoms with Crippen LogP contribution in [0.2, 0.25) is 0 Å². The van der Waals surface area contributed by atoms with Gasteiger partial charge < -0.3 is 5.32 Å². The van der Waals surface area contributed by atoms with Crippen molar-refractivity contribution in [1.82, 2.24) is 10.2 Å². The number of nitrogens with zero attached hydrogens (tertiary/aromatic N) is 1. The van der Waals surface area contributed by atoms with Gasteiger partial charge in [-0.25, -0.2) is 0 Å². The molecule has 0 spiro atoms. The Morgan fingerprint density at radius 1 is 1.20 bits per heavy atom. The van der Waals surface area contributed by atoms with Gasteiger partial charge in [-0.15, -0.1) is 0 Å². The quantitative estimate of drug-likeness (QED) is 0.707. The first-order chi connectivity index (χ1) is 7.14. The predicted octanol–water partition coefficient (Wildman–Crippen LogP) is 1.86. The first-order valence-electron chi connectivity index (χ1n) is 6.63. The van der Waals surface area contributed by atoms with E-state index < -0.39 is 0 Å². The Kier molecular flexibility index (Phi) is 2.33. The summed E-state index contributed by atoms with van der Waals surface area (Å²) in [4.78, 5) is 2.78. The molecule has 0 aromatic heterocycles. The first-order valence-corrected chi connectivity index (χ1v) is 6.63. The maximum absolute atomic E-state index is 3.61. The van der Waals surface area contributed by atoms with Gasteiger partial charge in [-0.3, -0.25) is 4.90 Å². The topological polar surface area (TPSA) is 15.3 Å². The number of hydrogen-bond donors (Lipinski definition) is 1. The molecule has 2 aliphatic carbocycles. The monoisotopic (exact) mass is 208 g/mol. The van der Waals surface area contributed by atoms with E-state index in [1.54, 1.807) is 0 Å². The van der Waals surface area contributed by atoms with E-state index in [2.05, 4.69) is 24.1 Å². The number of hydrogen-bond acceptors (Lipinski definition) is 2. The molecule has 1 heterocycles. The fraction of sp³-hybridized carbons (Fsp3) is 1.00. The van der Waals surface area contributed by atoms with Gasteiger partial charge in [-0.05, 0) is 44.9 Å². The minimum absolute atomic E-state index is 0.333. The average Bonchev–Trinajstić information content (AvgIpc) is 2.76. The number of piperazine rings is 1. The first kappa shape index (κ1) is 10.1. The Morgan fingerprint density at radius 3 is 2.67 bits per heavy atom. The molecule has 1 saturated heterocycles. The molecule has 2 heteroatoms. The van der Waals surface area contributed by atoms with Crippen molar-refractivity contribution in [3.05, 3.63) is 0 Å². The molecule has 2 bridgehead atoms. The molecule has 2 saturated carbocycles. The normalized spacial score (nSPS) is 44.8. The minimum Gasteiger partial charge on any atom is -0.309 e. The van der Waals surface area contributed by atoms with Crippen LogP contribution < -0.4 is 5.32 Å².